The summed E-state index contributed by atoms with van der Waals surface area (Å²) in [4.78, 5) is 24.1. The average Bonchev–Trinajstić information content (AvgIpc) is 3.34. The van der Waals surface area contributed by atoms with Crippen molar-refractivity contribution in [2.24, 2.45) is 0 Å². The second kappa shape index (κ2) is 10.7. The van der Waals surface area contributed by atoms with Gasteiger partial charge in [0.2, 0.25) is 0 Å². The van der Waals surface area contributed by atoms with Gasteiger partial charge < -0.3 is 15.4 Å². The standard InChI is InChI=1S/C21H27N3O5S2/c1-29-18-9-7-16(8-10-18)15-23-21(26)20(25)22-12-11-17-5-2-3-13-24(17)31(27,28)19-6-4-14-30-19/h4,6-10,14,17H,2-3,5,11-13,15H2,1H3,(H,22,25)(H,23,26)/t17-/m0/s1. The van der Waals surface area contributed by atoms with E-state index >= 15 is 0 Å². The maximum Gasteiger partial charge on any atom is 0.309 e. The minimum absolute atomic E-state index is 0.191. The number of amides is 2. The molecule has 0 aliphatic carbocycles. The van der Waals surface area contributed by atoms with Gasteiger partial charge in [-0.05, 0) is 48.4 Å². The molecule has 3 rings (SSSR count). The molecule has 1 aromatic carbocycles. The highest BCUT2D eigenvalue weighted by molar-refractivity contribution is 7.91. The number of methoxy groups -OCH3 is 1. The van der Waals surface area contributed by atoms with Gasteiger partial charge in [-0.1, -0.05) is 24.6 Å². The van der Waals surface area contributed by atoms with Gasteiger partial charge in [-0.15, -0.1) is 11.3 Å². The van der Waals surface area contributed by atoms with Crippen molar-refractivity contribution in [3.8, 4) is 5.75 Å². The van der Waals surface area contributed by atoms with E-state index in [1.807, 2.05) is 12.1 Å². The van der Waals surface area contributed by atoms with E-state index in [2.05, 4.69) is 10.6 Å². The molecule has 0 spiro atoms. The molecule has 2 heterocycles. The third-order valence-electron chi connectivity index (χ3n) is 5.21. The van der Waals surface area contributed by atoms with Crippen LogP contribution in [-0.4, -0.2) is 50.8 Å². The van der Waals surface area contributed by atoms with Crippen LogP contribution < -0.4 is 15.4 Å². The topological polar surface area (TPSA) is 105 Å². The van der Waals surface area contributed by atoms with Gasteiger partial charge in [-0.2, -0.15) is 4.31 Å². The number of rotatable bonds is 8. The summed E-state index contributed by atoms with van der Waals surface area (Å²) in [6.45, 7) is 0.933. The van der Waals surface area contributed by atoms with Crippen molar-refractivity contribution in [3.63, 3.8) is 0 Å². The lowest BCUT2D eigenvalue weighted by atomic mass is 10.0. The summed E-state index contributed by atoms with van der Waals surface area (Å²) < 4.78 is 32.8. The van der Waals surface area contributed by atoms with Crippen LogP contribution in [0.15, 0.2) is 46.0 Å². The monoisotopic (exact) mass is 465 g/mol. The van der Waals surface area contributed by atoms with Crippen LogP contribution in [-0.2, 0) is 26.2 Å². The van der Waals surface area contributed by atoms with Crippen molar-refractivity contribution < 1.29 is 22.7 Å². The third-order valence-corrected chi connectivity index (χ3v) is 8.54. The summed E-state index contributed by atoms with van der Waals surface area (Å²) in [5, 5.41) is 6.93. The fraction of sp³-hybridized carbons (Fsp3) is 0.429. The molecule has 0 bridgehead atoms. The van der Waals surface area contributed by atoms with E-state index in [-0.39, 0.29) is 19.1 Å². The number of ether oxygens (including phenoxy) is 1. The first kappa shape index (κ1) is 23.2. The van der Waals surface area contributed by atoms with Crippen molar-refractivity contribution in [2.75, 3.05) is 20.2 Å². The lowest BCUT2D eigenvalue weighted by Gasteiger charge is -2.34. The first-order valence-corrected chi connectivity index (χ1v) is 12.5. The molecule has 2 aromatic rings. The van der Waals surface area contributed by atoms with Gasteiger partial charge in [0.05, 0.1) is 7.11 Å². The van der Waals surface area contributed by atoms with E-state index < -0.39 is 21.8 Å². The smallest absolute Gasteiger partial charge is 0.309 e. The lowest BCUT2D eigenvalue weighted by Crippen LogP contribution is -2.46. The minimum atomic E-state index is -3.53. The zero-order chi connectivity index (χ0) is 22.3. The Morgan fingerprint density at radius 2 is 1.87 bits per heavy atom. The Morgan fingerprint density at radius 3 is 2.55 bits per heavy atom. The first-order chi connectivity index (χ1) is 14.9. The fourth-order valence-electron chi connectivity index (χ4n) is 3.54. The molecule has 2 N–H and O–H groups in total. The molecule has 2 amide bonds. The van der Waals surface area contributed by atoms with Gasteiger partial charge in [0.25, 0.3) is 10.0 Å². The largest absolute Gasteiger partial charge is 0.497 e. The number of nitrogens with one attached hydrogen (secondary N) is 2. The summed E-state index contributed by atoms with van der Waals surface area (Å²) in [6, 6.07) is 10.3. The Hall–Kier alpha value is -2.43. The number of hydrogen-bond donors (Lipinski definition) is 2. The Bertz CT molecular complexity index is 975. The second-order valence-electron chi connectivity index (χ2n) is 7.27. The van der Waals surface area contributed by atoms with E-state index in [9.17, 15) is 18.0 Å². The molecule has 0 unspecified atom stereocenters. The maximum absolute atomic E-state index is 12.9. The highest BCUT2D eigenvalue weighted by Crippen LogP contribution is 2.29. The molecule has 0 saturated carbocycles. The summed E-state index contributed by atoms with van der Waals surface area (Å²) in [5.74, 6) is -0.731. The molecule has 31 heavy (non-hydrogen) atoms. The molecule has 1 saturated heterocycles. The average molecular weight is 466 g/mol. The van der Waals surface area contributed by atoms with Crippen molar-refractivity contribution in [3.05, 3.63) is 47.3 Å². The lowest BCUT2D eigenvalue weighted by molar-refractivity contribution is -0.139. The number of sulfonamides is 1. The number of carbonyl (C=O) groups is 2. The summed E-state index contributed by atoms with van der Waals surface area (Å²) in [5.41, 5.74) is 0.846. The van der Waals surface area contributed by atoms with Gasteiger partial charge in [0, 0.05) is 25.7 Å². The number of nitrogens with zero attached hydrogens (tertiary/aromatic N) is 1. The predicted octanol–water partition coefficient (Wildman–Crippen LogP) is 2.12. The van der Waals surface area contributed by atoms with Crippen molar-refractivity contribution >= 4 is 33.2 Å². The van der Waals surface area contributed by atoms with E-state index in [0.717, 1.165) is 24.8 Å². The molecule has 0 radical (unpaired) electrons. The number of piperidine rings is 1. The van der Waals surface area contributed by atoms with Crippen LogP contribution in [0.4, 0.5) is 0 Å². The summed E-state index contributed by atoms with van der Waals surface area (Å²) in [7, 11) is -1.95. The second-order valence-corrected chi connectivity index (χ2v) is 10.3. The van der Waals surface area contributed by atoms with E-state index in [1.54, 1.807) is 36.8 Å². The fourth-order valence-corrected chi connectivity index (χ4v) is 6.39. The highest BCUT2D eigenvalue weighted by atomic mass is 32.2. The van der Waals surface area contributed by atoms with Gasteiger partial charge >= 0.3 is 11.8 Å². The van der Waals surface area contributed by atoms with Crippen LogP contribution in [0.5, 0.6) is 5.75 Å². The normalized spacial score (nSPS) is 17.1. The molecular formula is C21H27N3O5S2. The Kier molecular flexibility index (Phi) is 8.05. The van der Waals surface area contributed by atoms with Gasteiger partial charge in [0.15, 0.2) is 0 Å². The maximum atomic E-state index is 12.9. The number of benzene rings is 1. The van der Waals surface area contributed by atoms with E-state index in [4.69, 9.17) is 4.74 Å². The van der Waals surface area contributed by atoms with Crippen LogP contribution in [0.1, 0.15) is 31.2 Å². The number of carbonyl (C=O) groups excluding carboxylic acids is 2. The molecule has 1 aromatic heterocycles. The predicted molar refractivity (Wildman–Crippen MR) is 118 cm³/mol. The first-order valence-electron chi connectivity index (χ1n) is 10.2. The SMILES string of the molecule is COc1ccc(CNC(=O)C(=O)NCC[C@@H]2CCCCN2S(=O)(=O)c2cccs2)cc1. The number of hydrogen-bond acceptors (Lipinski definition) is 6. The zero-order valence-corrected chi connectivity index (χ0v) is 19.0. The van der Waals surface area contributed by atoms with Crippen LogP contribution in [0, 0.1) is 0 Å². The van der Waals surface area contributed by atoms with E-state index in [0.29, 0.717) is 22.9 Å². The molecule has 1 aliphatic rings. The molecule has 10 heteroatoms. The van der Waals surface area contributed by atoms with Crippen molar-refractivity contribution in [1.29, 1.82) is 0 Å². The van der Waals surface area contributed by atoms with Crippen molar-refractivity contribution in [1.82, 2.24) is 14.9 Å². The van der Waals surface area contributed by atoms with Gasteiger partial charge in [-0.25, -0.2) is 8.42 Å². The van der Waals surface area contributed by atoms with Gasteiger partial charge in [0.1, 0.15) is 9.96 Å². The Balaban J connectivity index is 1.47. The molecule has 1 fully saturated rings. The van der Waals surface area contributed by atoms with Crippen molar-refractivity contribution in [2.45, 2.75) is 42.5 Å². The highest BCUT2D eigenvalue weighted by Gasteiger charge is 2.33. The third kappa shape index (κ3) is 6.05. The Morgan fingerprint density at radius 1 is 1.13 bits per heavy atom. The summed E-state index contributed by atoms with van der Waals surface area (Å²) in [6.07, 6.45) is 2.96. The van der Waals surface area contributed by atoms with Crippen LogP contribution in [0.3, 0.4) is 0 Å². The molecular weight excluding hydrogens is 438 g/mol. The molecule has 8 nitrogen and oxygen atoms in total. The quantitative estimate of drug-likeness (QED) is 0.581. The summed E-state index contributed by atoms with van der Waals surface area (Å²) >= 11 is 1.20. The Labute approximate surface area is 186 Å². The van der Waals surface area contributed by atoms with E-state index in [1.165, 1.54) is 15.6 Å². The molecule has 1 atom stereocenters. The van der Waals surface area contributed by atoms with Crippen LogP contribution in [0.2, 0.25) is 0 Å². The molecule has 168 valence electrons. The van der Waals surface area contributed by atoms with Gasteiger partial charge in [-0.3, -0.25) is 9.59 Å². The molecule has 1 aliphatic heterocycles. The zero-order valence-electron chi connectivity index (χ0n) is 17.4. The van der Waals surface area contributed by atoms with Crippen LogP contribution in [0.25, 0.3) is 0 Å². The van der Waals surface area contributed by atoms with Crippen LogP contribution >= 0.6 is 11.3 Å². The minimum Gasteiger partial charge on any atom is -0.497 e. The number of thiophene rings is 1.